The number of carbonyl (C=O) groups is 1. The van der Waals surface area contributed by atoms with Gasteiger partial charge in [-0.15, -0.1) is 0 Å². The zero-order chi connectivity index (χ0) is 15.7. The zero-order valence-electron chi connectivity index (χ0n) is 13.0. The molecule has 2 aromatic rings. The predicted molar refractivity (Wildman–Crippen MR) is 88.5 cm³/mol. The lowest BCUT2D eigenvalue weighted by Crippen LogP contribution is -2.42. The number of amides is 1. The van der Waals surface area contributed by atoms with Gasteiger partial charge in [-0.3, -0.25) is 4.79 Å². The molecule has 0 aliphatic carbocycles. The normalized spacial score (nSPS) is 17.6. The Morgan fingerprint density at radius 2 is 2.14 bits per heavy atom. The Labute approximate surface area is 135 Å². The van der Waals surface area contributed by atoms with E-state index in [1.165, 1.54) is 0 Å². The molecule has 1 fully saturated rings. The molecule has 1 aliphatic heterocycles. The van der Waals surface area contributed by atoms with E-state index < -0.39 is 0 Å². The molecule has 1 aliphatic rings. The smallest absolute Gasteiger partial charge is 0.287 e. The number of piperidine rings is 1. The molecule has 0 saturated carbocycles. The van der Waals surface area contributed by atoms with Gasteiger partial charge in [-0.05, 0) is 44.3 Å². The van der Waals surface area contributed by atoms with Crippen LogP contribution < -0.4 is 10.6 Å². The molecule has 0 spiro atoms. The molecule has 2 heterocycles. The zero-order valence-corrected chi connectivity index (χ0v) is 13.7. The van der Waals surface area contributed by atoms with Gasteiger partial charge in [-0.2, -0.15) is 0 Å². The van der Waals surface area contributed by atoms with E-state index in [1.807, 2.05) is 19.1 Å². The quantitative estimate of drug-likeness (QED) is 0.910. The molecule has 0 radical (unpaired) electrons. The molecule has 1 aromatic carbocycles. The summed E-state index contributed by atoms with van der Waals surface area (Å²) in [7, 11) is 0. The van der Waals surface area contributed by atoms with Gasteiger partial charge in [-0.1, -0.05) is 30.7 Å². The maximum atomic E-state index is 12.5. The maximum Gasteiger partial charge on any atom is 0.287 e. The van der Waals surface area contributed by atoms with Crippen molar-refractivity contribution < 1.29 is 9.21 Å². The molecular formula is C17H21ClN2O2. The minimum Gasteiger partial charge on any atom is -0.449 e. The molecule has 3 rings (SSSR count). The van der Waals surface area contributed by atoms with Crippen LogP contribution in [0, 0.1) is 12.3 Å². The van der Waals surface area contributed by atoms with Crippen molar-refractivity contribution in [1.82, 2.24) is 10.6 Å². The number of aryl methyl sites for hydroxylation is 1. The standard InChI is InChI=1S/C17H21ClN2O2/c1-11-12-4-3-5-13(18)15(12)22-14(11)16(21)20-10-17(2)6-8-19-9-7-17/h3-5,19H,6-10H2,1-2H3,(H,20,21). The highest BCUT2D eigenvalue weighted by molar-refractivity contribution is 6.35. The van der Waals surface area contributed by atoms with Crippen molar-refractivity contribution in [2.45, 2.75) is 26.7 Å². The lowest BCUT2D eigenvalue weighted by Gasteiger charge is -2.34. The van der Waals surface area contributed by atoms with Gasteiger partial charge >= 0.3 is 0 Å². The van der Waals surface area contributed by atoms with E-state index >= 15 is 0 Å². The number of benzene rings is 1. The number of hydrogen-bond donors (Lipinski definition) is 2. The third-order valence-corrected chi connectivity index (χ3v) is 4.91. The molecule has 5 heteroatoms. The van der Waals surface area contributed by atoms with Crippen LogP contribution >= 0.6 is 11.6 Å². The van der Waals surface area contributed by atoms with Crippen LogP contribution in [0.2, 0.25) is 5.02 Å². The molecule has 0 atom stereocenters. The Balaban J connectivity index is 1.78. The first-order valence-electron chi connectivity index (χ1n) is 7.67. The first kappa shape index (κ1) is 15.4. The van der Waals surface area contributed by atoms with E-state index in [0.29, 0.717) is 22.9 Å². The number of para-hydroxylation sites is 1. The number of halogens is 1. The van der Waals surface area contributed by atoms with E-state index in [2.05, 4.69) is 17.6 Å². The van der Waals surface area contributed by atoms with E-state index in [1.54, 1.807) is 6.07 Å². The summed E-state index contributed by atoms with van der Waals surface area (Å²) in [6.45, 7) is 6.79. The summed E-state index contributed by atoms with van der Waals surface area (Å²) in [5, 5.41) is 7.80. The first-order valence-corrected chi connectivity index (χ1v) is 8.04. The molecule has 1 amide bonds. The Hall–Kier alpha value is -1.52. The fourth-order valence-corrected chi connectivity index (χ4v) is 3.22. The summed E-state index contributed by atoms with van der Waals surface area (Å²) in [5.41, 5.74) is 1.57. The predicted octanol–water partition coefficient (Wildman–Crippen LogP) is 3.51. The van der Waals surface area contributed by atoms with Gasteiger partial charge in [0.25, 0.3) is 5.91 Å². The summed E-state index contributed by atoms with van der Waals surface area (Å²) in [4.78, 5) is 12.5. The number of furan rings is 1. The van der Waals surface area contributed by atoms with Crippen LogP contribution in [-0.4, -0.2) is 25.5 Å². The van der Waals surface area contributed by atoms with Crippen molar-refractivity contribution in [3.8, 4) is 0 Å². The SMILES string of the molecule is Cc1c(C(=O)NCC2(C)CCNCC2)oc2c(Cl)cccc12. The first-order chi connectivity index (χ1) is 10.5. The Morgan fingerprint density at radius 1 is 1.41 bits per heavy atom. The van der Waals surface area contributed by atoms with Gasteiger partial charge in [0, 0.05) is 17.5 Å². The van der Waals surface area contributed by atoms with Crippen molar-refractivity contribution in [2.24, 2.45) is 5.41 Å². The second kappa shape index (κ2) is 5.94. The third-order valence-electron chi connectivity index (χ3n) is 4.61. The van der Waals surface area contributed by atoms with E-state index in [4.69, 9.17) is 16.0 Å². The van der Waals surface area contributed by atoms with Gasteiger partial charge in [-0.25, -0.2) is 0 Å². The van der Waals surface area contributed by atoms with Crippen LogP contribution in [0.15, 0.2) is 22.6 Å². The van der Waals surface area contributed by atoms with E-state index in [-0.39, 0.29) is 11.3 Å². The van der Waals surface area contributed by atoms with Crippen molar-refractivity contribution >= 4 is 28.5 Å². The molecular weight excluding hydrogens is 300 g/mol. The van der Waals surface area contributed by atoms with E-state index in [0.717, 1.165) is 36.9 Å². The monoisotopic (exact) mass is 320 g/mol. The number of carbonyl (C=O) groups excluding carboxylic acids is 1. The van der Waals surface area contributed by atoms with Crippen LogP contribution in [0.1, 0.15) is 35.9 Å². The van der Waals surface area contributed by atoms with Crippen molar-refractivity contribution in [3.63, 3.8) is 0 Å². The molecule has 1 aromatic heterocycles. The molecule has 118 valence electrons. The number of nitrogens with one attached hydrogen (secondary N) is 2. The Bertz CT molecular complexity index is 702. The van der Waals surface area contributed by atoms with Gasteiger partial charge in [0.15, 0.2) is 11.3 Å². The van der Waals surface area contributed by atoms with Crippen LogP contribution in [0.25, 0.3) is 11.0 Å². The highest BCUT2D eigenvalue weighted by Crippen LogP contribution is 2.31. The fourth-order valence-electron chi connectivity index (χ4n) is 3.01. The summed E-state index contributed by atoms with van der Waals surface area (Å²) in [6.07, 6.45) is 2.14. The molecule has 0 unspecified atom stereocenters. The molecule has 2 N–H and O–H groups in total. The van der Waals surface area contributed by atoms with E-state index in [9.17, 15) is 4.79 Å². The van der Waals surface area contributed by atoms with Crippen molar-refractivity contribution in [2.75, 3.05) is 19.6 Å². The van der Waals surface area contributed by atoms with Crippen molar-refractivity contribution in [1.29, 1.82) is 0 Å². The summed E-state index contributed by atoms with van der Waals surface area (Å²) in [5.74, 6) is 0.199. The second-order valence-electron chi connectivity index (χ2n) is 6.42. The molecule has 22 heavy (non-hydrogen) atoms. The van der Waals surface area contributed by atoms with Gasteiger partial charge in [0.2, 0.25) is 0 Å². The Morgan fingerprint density at radius 3 is 2.82 bits per heavy atom. The van der Waals surface area contributed by atoms with Gasteiger partial charge in [0.05, 0.1) is 5.02 Å². The van der Waals surface area contributed by atoms with Crippen LogP contribution in [0.4, 0.5) is 0 Å². The van der Waals surface area contributed by atoms with Crippen LogP contribution in [0.3, 0.4) is 0 Å². The highest BCUT2D eigenvalue weighted by Gasteiger charge is 2.28. The molecule has 4 nitrogen and oxygen atoms in total. The lowest BCUT2D eigenvalue weighted by atomic mass is 9.81. The summed E-state index contributed by atoms with van der Waals surface area (Å²) >= 11 is 6.14. The highest BCUT2D eigenvalue weighted by atomic mass is 35.5. The lowest BCUT2D eigenvalue weighted by molar-refractivity contribution is 0.0896. The summed E-state index contributed by atoms with van der Waals surface area (Å²) < 4.78 is 5.71. The van der Waals surface area contributed by atoms with Crippen LogP contribution in [-0.2, 0) is 0 Å². The third kappa shape index (κ3) is 2.85. The Kier molecular flexibility index (Phi) is 4.15. The van der Waals surface area contributed by atoms with Gasteiger partial charge < -0.3 is 15.1 Å². The largest absolute Gasteiger partial charge is 0.449 e. The summed E-state index contributed by atoms with van der Waals surface area (Å²) in [6, 6.07) is 5.56. The average molecular weight is 321 g/mol. The minimum absolute atomic E-state index is 0.151. The van der Waals surface area contributed by atoms with Crippen molar-refractivity contribution in [3.05, 3.63) is 34.5 Å². The maximum absolute atomic E-state index is 12.5. The molecule has 0 bridgehead atoms. The van der Waals surface area contributed by atoms with Crippen LogP contribution in [0.5, 0.6) is 0 Å². The second-order valence-corrected chi connectivity index (χ2v) is 6.82. The number of fused-ring (bicyclic) bond motifs is 1. The average Bonchev–Trinajstić information content (AvgIpc) is 2.85. The minimum atomic E-state index is -0.162. The fraction of sp³-hybridized carbons (Fsp3) is 0.471. The van der Waals surface area contributed by atoms with Gasteiger partial charge in [0.1, 0.15) is 0 Å². The topological polar surface area (TPSA) is 54.3 Å². The number of rotatable bonds is 3. The molecule has 1 saturated heterocycles. The number of hydrogen-bond acceptors (Lipinski definition) is 3.